The second-order valence-corrected chi connectivity index (χ2v) is 3.26. The van der Waals surface area contributed by atoms with E-state index in [0.29, 0.717) is 5.88 Å². The molecule has 0 saturated carbocycles. The molecule has 0 saturated heterocycles. The minimum atomic E-state index is 0.632. The zero-order valence-electron chi connectivity index (χ0n) is 8.77. The van der Waals surface area contributed by atoms with Crippen LogP contribution in [0.5, 0.6) is 5.88 Å². The normalized spacial score (nSPS) is 10.0. The maximum absolute atomic E-state index is 5.05. The molecule has 3 nitrogen and oxygen atoms in total. The summed E-state index contributed by atoms with van der Waals surface area (Å²) in [7, 11) is 1.61. The number of hydrogen-bond donors (Lipinski definition) is 0. The summed E-state index contributed by atoms with van der Waals surface area (Å²) in [5.41, 5.74) is 3.09. The zero-order valence-corrected chi connectivity index (χ0v) is 8.77. The number of rotatable bonds is 2. The van der Waals surface area contributed by atoms with Gasteiger partial charge in [0.1, 0.15) is 0 Å². The van der Waals surface area contributed by atoms with Crippen molar-refractivity contribution in [3.63, 3.8) is 0 Å². The van der Waals surface area contributed by atoms with Crippen molar-refractivity contribution in [1.29, 1.82) is 0 Å². The summed E-state index contributed by atoms with van der Waals surface area (Å²) in [6.45, 7) is 2.02. The molecule has 0 aliphatic rings. The van der Waals surface area contributed by atoms with E-state index in [2.05, 4.69) is 9.97 Å². The molecule has 0 radical (unpaired) electrons. The molecule has 76 valence electrons. The first-order valence-electron chi connectivity index (χ1n) is 4.73. The van der Waals surface area contributed by atoms with Crippen LogP contribution in [0.15, 0.2) is 36.7 Å². The van der Waals surface area contributed by atoms with Gasteiger partial charge in [0.05, 0.1) is 12.8 Å². The molecule has 0 fully saturated rings. The molecule has 2 heterocycles. The highest BCUT2D eigenvalue weighted by atomic mass is 16.5. The average Bonchev–Trinajstić information content (AvgIpc) is 2.30. The first kappa shape index (κ1) is 9.65. The van der Waals surface area contributed by atoms with Gasteiger partial charge in [-0.3, -0.25) is 4.98 Å². The Balaban J connectivity index is 2.46. The van der Waals surface area contributed by atoms with Crippen LogP contribution in [0.2, 0.25) is 0 Å². The van der Waals surface area contributed by atoms with E-state index in [-0.39, 0.29) is 0 Å². The number of pyridine rings is 2. The van der Waals surface area contributed by atoms with E-state index in [1.807, 2.05) is 31.2 Å². The second kappa shape index (κ2) is 4.09. The van der Waals surface area contributed by atoms with Crippen molar-refractivity contribution >= 4 is 0 Å². The van der Waals surface area contributed by atoms with Gasteiger partial charge in [0.25, 0.3) is 0 Å². The van der Waals surface area contributed by atoms with E-state index in [1.54, 1.807) is 19.5 Å². The fourth-order valence-corrected chi connectivity index (χ4v) is 1.43. The van der Waals surface area contributed by atoms with Crippen LogP contribution in [-0.4, -0.2) is 17.1 Å². The fraction of sp³-hybridized carbons (Fsp3) is 0.167. The van der Waals surface area contributed by atoms with Gasteiger partial charge in [0, 0.05) is 24.0 Å². The van der Waals surface area contributed by atoms with Crippen LogP contribution < -0.4 is 4.74 Å². The molecule has 0 aromatic carbocycles. The van der Waals surface area contributed by atoms with Gasteiger partial charge in [-0.15, -0.1) is 0 Å². The lowest BCUT2D eigenvalue weighted by atomic mass is 10.1. The summed E-state index contributed by atoms with van der Waals surface area (Å²) in [4.78, 5) is 8.46. The van der Waals surface area contributed by atoms with Gasteiger partial charge in [-0.1, -0.05) is 6.07 Å². The number of aryl methyl sites for hydroxylation is 1. The highest BCUT2D eigenvalue weighted by Gasteiger charge is 2.04. The Labute approximate surface area is 88.8 Å². The summed E-state index contributed by atoms with van der Waals surface area (Å²) in [5.74, 6) is 0.632. The highest BCUT2D eigenvalue weighted by molar-refractivity contribution is 5.62. The molecule has 0 aliphatic carbocycles. The molecule has 2 rings (SSSR count). The summed E-state index contributed by atoms with van der Waals surface area (Å²) in [5, 5.41) is 0. The van der Waals surface area contributed by atoms with Crippen LogP contribution in [0, 0.1) is 6.92 Å². The third-order valence-electron chi connectivity index (χ3n) is 2.24. The predicted molar refractivity (Wildman–Crippen MR) is 58.8 cm³/mol. The molecule has 0 bridgehead atoms. The van der Waals surface area contributed by atoms with E-state index in [1.165, 1.54) is 0 Å². The molecule has 2 aromatic rings. The van der Waals surface area contributed by atoms with Crippen molar-refractivity contribution in [2.45, 2.75) is 6.92 Å². The molecular formula is C12H12N2O. The molecule has 0 atom stereocenters. The molecule has 0 spiro atoms. The molecule has 15 heavy (non-hydrogen) atoms. The minimum absolute atomic E-state index is 0.632. The number of ether oxygens (including phenoxy) is 1. The smallest absolute Gasteiger partial charge is 0.213 e. The maximum Gasteiger partial charge on any atom is 0.213 e. The number of nitrogens with zero attached hydrogens (tertiary/aromatic N) is 2. The standard InChI is InChI=1S/C12H12N2O/c1-9-7-12(15-2)14-8-10(9)11-5-3-4-6-13-11/h3-8H,1-2H3. The van der Waals surface area contributed by atoms with Gasteiger partial charge in [-0.05, 0) is 24.6 Å². The highest BCUT2D eigenvalue weighted by Crippen LogP contribution is 2.22. The quantitative estimate of drug-likeness (QED) is 0.747. The van der Waals surface area contributed by atoms with E-state index < -0.39 is 0 Å². The summed E-state index contributed by atoms with van der Waals surface area (Å²) in [6, 6.07) is 7.74. The SMILES string of the molecule is COc1cc(C)c(-c2ccccn2)cn1. The fourth-order valence-electron chi connectivity index (χ4n) is 1.43. The van der Waals surface area contributed by atoms with Crippen LogP contribution in [0.4, 0.5) is 0 Å². The Kier molecular flexibility index (Phi) is 2.63. The largest absolute Gasteiger partial charge is 0.481 e. The Bertz CT molecular complexity index is 454. The van der Waals surface area contributed by atoms with E-state index in [4.69, 9.17) is 4.74 Å². The minimum Gasteiger partial charge on any atom is -0.481 e. The number of methoxy groups -OCH3 is 1. The van der Waals surface area contributed by atoms with Gasteiger partial charge >= 0.3 is 0 Å². The van der Waals surface area contributed by atoms with Gasteiger partial charge in [0.2, 0.25) is 5.88 Å². The second-order valence-electron chi connectivity index (χ2n) is 3.26. The monoisotopic (exact) mass is 200 g/mol. The third-order valence-corrected chi connectivity index (χ3v) is 2.24. The molecule has 0 amide bonds. The number of aromatic nitrogens is 2. The van der Waals surface area contributed by atoms with Crippen LogP contribution in [0.25, 0.3) is 11.3 Å². The Morgan fingerprint density at radius 3 is 2.67 bits per heavy atom. The summed E-state index contributed by atoms with van der Waals surface area (Å²) in [6.07, 6.45) is 3.56. The van der Waals surface area contributed by atoms with Crippen molar-refractivity contribution in [1.82, 2.24) is 9.97 Å². The van der Waals surface area contributed by atoms with Crippen molar-refractivity contribution in [3.05, 3.63) is 42.2 Å². The molecule has 0 unspecified atom stereocenters. The van der Waals surface area contributed by atoms with E-state index >= 15 is 0 Å². The third kappa shape index (κ3) is 1.96. The van der Waals surface area contributed by atoms with Crippen LogP contribution >= 0.6 is 0 Å². The van der Waals surface area contributed by atoms with E-state index in [0.717, 1.165) is 16.8 Å². The zero-order chi connectivity index (χ0) is 10.7. The van der Waals surface area contributed by atoms with Crippen LogP contribution in [-0.2, 0) is 0 Å². The summed E-state index contributed by atoms with van der Waals surface area (Å²) < 4.78 is 5.05. The van der Waals surface area contributed by atoms with Crippen molar-refractivity contribution in [2.24, 2.45) is 0 Å². The lowest BCUT2D eigenvalue weighted by Gasteiger charge is -2.05. The number of hydrogen-bond acceptors (Lipinski definition) is 3. The van der Waals surface area contributed by atoms with Gasteiger partial charge < -0.3 is 4.74 Å². The first-order valence-corrected chi connectivity index (χ1v) is 4.73. The topological polar surface area (TPSA) is 35.0 Å². The molecule has 0 N–H and O–H groups in total. The van der Waals surface area contributed by atoms with Crippen LogP contribution in [0.1, 0.15) is 5.56 Å². The Hall–Kier alpha value is -1.90. The van der Waals surface area contributed by atoms with Gasteiger partial charge in [-0.2, -0.15) is 0 Å². The van der Waals surface area contributed by atoms with Crippen LogP contribution in [0.3, 0.4) is 0 Å². The summed E-state index contributed by atoms with van der Waals surface area (Å²) >= 11 is 0. The lowest BCUT2D eigenvalue weighted by Crippen LogP contribution is -1.92. The Morgan fingerprint density at radius 1 is 1.20 bits per heavy atom. The lowest BCUT2D eigenvalue weighted by molar-refractivity contribution is 0.397. The van der Waals surface area contributed by atoms with Gasteiger partial charge in [-0.25, -0.2) is 4.98 Å². The molecule has 3 heteroatoms. The van der Waals surface area contributed by atoms with Crippen molar-refractivity contribution < 1.29 is 4.74 Å². The average molecular weight is 200 g/mol. The molecular weight excluding hydrogens is 188 g/mol. The predicted octanol–water partition coefficient (Wildman–Crippen LogP) is 2.46. The molecule has 0 aliphatic heterocycles. The van der Waals surface area contributed by atoms with Crippen molar-refractivity contribution in [3.8, 4) is 17.1 Å². The van der Waals surface area contributed by atoms with Crippen molar-refractivity contribution in [2.75, 3.05) is 7.11 Å². The van der Waals surface area contributed by atoms with Gasteiger partial charge in [0.15, 0.2) is 0 Å². The molecule has 2 aromatic heterocycles. The Morgan fingerprint density at radius 2 is 2.07 bits per heavy atom. The maximum atomic E-state index is 5.05. The first-order chi connectivity index (χ1) is 7.31. The van der Waals surface area contributed by atoms with E-state index in [9.17, 15) is 0 Å².